The number of hydrogen-bond donors (Lipinski definition) is 0. The molecule has 106 valence electrons. The van der Waals surface area contributed by atoms with E-state index in [1.807, 2.05) is 11.3 Å². The van der Waals surface area contributed by atoms with Crippen molar-refractivity contribution in [1.82, 2.24) is 4.90 Å². The van der Waals surface area contributed by atoms with Crippen molar-refractivity contribution in [3.63, 3.8) is 0 Å². The molecule has 0 bridgehead atoms. The molecule has 2 heterocycles. The van der Waals surface area contributed by atoms with Crippen molar-refractivity contribution < 1.29 is 9.53 Å². The Morgan fingerprint density at radius 2 is 2.10 bits per heavy atom. The molecule has 1 aliphatic heterocycles. The minimum absolute atomic E-state index is 0.0503. The molecule has 0 radical (unpaired) electrons. The molecule has 1 saturated heterocycles. The highest BCUT2D eigenvalue weighted by Crippen LogP contribution is 2.28. The van der Waals surface area contributed by atoms with Crippen LogP contribution in [-0.2, 0) is 16.1 Å². The fourth-order valence-corrected chi connectivity index (χ4v) is 3.84. The van der Waals surface area contributed by atoms with Crippen molar-refractivity contribution in [2.75, 3.05) is 20.2 Å². The summed E-state index contributed by atoms with van der Waals surface area (Å²) in [5.74, 6) is 0.0427. The summed E-state index contributed by atoms with van der Waals surface area (Å²) in [5.41, 5.74) is 1.40. The van der Waals surface area contributed by atoms with E-state index in [1.54, 1.807) is 0 Å². The Morgan fingerprint density at radius 3 is 2.85 bits per heavy atom. The molecular weight excluding hydrogens is 270 g/mol. The van der Waals surface area contributed by atoms with Crippen molar-refractivity contribution in [3.8, 4) is 0 Å². The number of benzene rings is 1. The van der Waals surface area contributed by atoms with Gasteiger partial charge in [-0.1, -0.05) is 18.2 Å². The van der Waals surface area contributed by atoms with E-state index in [9.17, 15) is 4.79 Å². The van der Waals surface area contributed by atoms with Crippen LogP contribution in [0.4, 0.5) is 0 Å². The van der Waals surface area contributed by atoms with Crippen LogP contribution in [0.2, 0.25) is 0 Å². The second-order valence-electron chi connectivity index (χ2n) is 5.33. The third-order valence-corrected chi connectivity index (χ3v) is 5.09. The Morgan fingerprint density at radius 1 is 1.35 bits per heavy atom. The van der Waals surface area contributed by atoms with Crippen molar-refractivity contribution in [2.24, 2.45) is 5.92 Å². The Kier molecular flexibility index (Phi) is 4.03. The van der Waals surface area contributed by atoms with Gasteiger partial charge >= 0.3 is 5.97 Å². The fraction of sp³-hybridized carbons (Fsp3) is 0.438. The van der Waals surface area contributed by atoms with Gasteiger partial charge in [0.2, 0.25) is 0 Å². The molecular formula is C16H19NO2S. The minimum atomic E-state index is -0.0503. The molecule has 2 aromatic rings. The Balaban J connectivity index is 1.64. The lowest BCUT2D eigenvalue weighted by Crippen LogP contribution is -2.36. The monoisotopic (exact) mass is 289 g/mol. The number of thiophene rings is 1. The maximum absolute atomic E-state index is 11.5. The summed E-state index contributed by atoms with van der Waals surface area (Å²) in [5, 5.41) is 3.63. The van der Waals surface area contributed by atoms with Gasteiger partial charge in [0.1, 0.15) is 0 Å². The quantitative estimate of drug-likeness (QED) is 0.812. The van der Waals surface area contributed by atoms with Crippen molar-refractivity contribution in [3.05, 3.63) is 35.2 Å². The number of carbonyl (C=O) groups is 1. The van der Waals surface area contributed by atoms with Crippen LogP contribution in [-0.4, -0.2) is 31.1 Å². The van der Waals surface area contributed by atoms with E-state index in [0.29, 0.717) is 0 Å². The summed E-state index contributed by atoms with van der Waals surface area (Å²) in [6.07, 6.45) is 1.82. The summed E-state index contributed by atoms with van der Waals surface area (Å²) in [6.45, 7) is 2.94. The first-order chi connectivity index (χ1) is 9.78. The summed E-state index contributed by atoms with van der Waals surface area (Å²) >= 11 is 1.81. The molecule has 0 N–H and O–H groups in total. The zero-order chi connectivity index (χ0) is 13.9. The Bertz CT molecular complexity index is 599. The van der Waals surface area contributed by atoms with E-state index < -0.39 is 0 Å². The van der Waals surface area contributed by atoms with Gasteiger partial charge in [-0.15, -0.1) is 11.3 Å². The number of nitrogens with zero attached hydrogens (tertiary/aromatic N) is 1. The third kappa shape index (κ3) is 2.72. The van der Waals surface area contributed by atoms with Crippen LogP contribution in [0.5, 0.6) is 0 Å². The van der Waals surface area contributed by atoms with Crippen LogP contribution in [0, 0.1) is 5.92 Å². The minimum Gasteiger partial charge on any atom is -0.469 e. The second kappa shape index (κ2) is 5.94. The lowest BCUT2D eigenvalue weighted by atomic mass is 9.96. The number of fused-ring (bicyclic) bond motifs is 1. The molecule has 0 saturated carbocycles. The molecule has 0 spiro atoms. The predicted molar refractivity (Wildman–Crippen MR) is 81.8 cm³/mol. The number of hydrogen-bond acceptors (Lipinski definition) is 4. The molecule has 1 aromatic heterocycles. The van der Waals surface area contributed by atoms with Gasteiger partial charge in [0.05, 0.1) is 13.0 Å². The summed E-state index contributed by atoms with van der Waals surface area (Å²) in [4.78, 5) is 14.0. The van der Waals surface area contributed by atoms with Crippen LogP contribution in [0.15, 0.2) is 29.6 Å². The van der Waals surface area contributed by atoms with Crippen LogP contribution in [0.3, 0.4) is 0 Å². The van der Waals surface area contributed by atoms with Gasteiger partial charge in [0, 0.05) is 11.2 Å². The van der Waals surface area contributed by atoms with Gasteiger partial charge in [-0.05, 0) is 48.3 Å². The highest BCUT2D eigenvalue weighted by Gasteiger charge is 2.25. The first-order valence-electron chi connectivity index (χ1n) is 7.03. The third-order valence-electron chi connectivity index (χ3n) is 4.08. The lowest BCUT2D eigenvalue weighted by Gasteiger charge is -2.30. The van der Waals surface area contributed by atoms with Gasteiger partial charge in [0.15, 0.2) is 0 Å². The van der Waals surface area contributed by atoms with E-state index in [4.69, 9.17) is 4.74 Å². The molecule has 3 nitrogen and oxygen atoms in total. The number of methoxy groups -OCH3 is 1. The van der Waals surface area contributed by atoms with Gasteiger partial charge < -0.3 is 4.74 Å². The lowest BCUT2D eigenvalue weighted by molar-refractivity contribution is -0.147. The maximum atomic E-state index is 11.5. The normalized spacial score (nSPS) is 17.4. The molecule has 1 fully saturated rings. The topological polar surface area (TPSA) is 29.5 Å². The van der Waals surface area contributed by atoms with Crippen molar-refractivity contribution in [2.45, 2.75) is 19.4 Å². The average molecular weight is 289 g/mol. The van der Waals surface area contributed by atoms with E-state index >= 15 is 0 Å². The second-order valence-corrected chi connectivity index (χ2v) is 6.24. The number of ether oxygens (including phenoxy) is 1. The van der Waals surface area contributed by atoms with Crippen LogP contribution in [0.25, 0.3) is 10.1 Å². The van der Waals surface area contributed by atoms with Gasteiger partial charge in [-0.2, -0.15) is 0 Å². The zero-order valence-electron chi connectivity index (χ0n) is 11.7. The molecule has 4 heteroatoms. The first-order valence-corrected chi connectivity index (χ1v) is 7.91. The molecule has 0 atom stereocenters. The summed E-state index contributed by atoms with van der Waals surface area (Å²) in [6, 6.07) is 8.56. The number of likely N-dealkylation sites (tertiary alicyclic amines) is 1. The smallest absolute Gasteiger partial charge is 0.308 e. The zero-order valence-corrected chi connectivity index (χ0v) is 12.5. The summed E-state index contributed by atoms with van der Waals surface area (Å²) in [7, 11) is 1.48. The largest absolute Gasteiger partial charge is 0.469 e. The number of carbonyl (C=O) groups excluding carboxylic acids is 1. The standard InChI is InChI=1S/C16H19NO2S/c1-19-16(18)12-6-8-17(9-7-12)10-13-11-20-15-5-3-2-4-14(13)15/h2-5,11-12H,6-10H2,1H3. The SMILES string of the molecule is COC(=O)C1CCN(Cc2csc3ccccc23)CC1. The number of piperidine rings is 1. The number of esters is 1. The van der Waals surface area contributed by atoms with E-state index in [2.05, 4.69) is 34.5 Å². The van der Waals surface area contributed by atoms with Gasteiger partial charge in [-0.3, -0.25) is 9.69 Å². The van der Waals surface area contributed by atoms with E-state index in [1.165, 1.54) is 22.8 Å². The van der Waals surface area contributed by atoms with Crippen molar-refractivity contribution in [1.29, 1.82) is 0 Å². The molecule has 1 aliphatic rings. The van der Waals surface area contributed by atoms with E-state index in [0.717, 1.165) is 32.5 Å². The average Bonchev–Trinajstić information content (AvgIpc) is 2.91. The molecule has 0 aliphatic carbocycles. The fourth-order valence-electron chi connectivity index (χ4n) is 2.89. The Hall–Kier alpha value is -1.39. The first kappa shape index (κ1) is 13.6. The predicted octanol–water partition coefficient (Wildman–Crippen LogP) is 3.29. The molecule has 0 amide bonds. The highest BCUT2D eigenvalue weighted by atomic mass is 32.1. The van der Waals surface area contributed by atoms with E-state index in [-0.39, 0.29) is 11.9 Å². The molecule has 3 rings (SSSR count). The summed E-state index contributed by atoms with van der Waals surface area (Å²) < 4.78 is 6.19. The highest BCUT2D eigenvalue weighted by molar-refractivity contribution is 7.17. The number of rotatable bonds is 3. The maximum Gasteiger partial charge on any atom is 0.308 e. The Labute approximate surface area is 123 Å². The molecule has 20 heavy (non-hydrogen) atoms. The molecule has 1 aromatic carbocycles. The van der Waals surface area contributed by atoms with Gasteiger partial charge in [0.25, 0.3) is 0 Å². The van der Waals surface area contributed by atoms with Gasteiger partial charge in [-0.25, -0.2) is 0 Å². The van der Waals surface area contributed by atoms with Crippen LogP contribution in [0.1, 0.15) is 18.4 Å². The van der Waals surface area contributed by atoms with Crippen LogP contribution >= 0.6 is 11.3 Å². The van der Waals surface area contributed by atoms with Crippen molar-refractivity contribution >= 4 is 27.4 Å². The molecule has 0 unspecified atom stereocenters. The van der Waals surface area contributed by atoms with Crippen LogP contribution < -0.4 is 0 Å².